The van der Waals surface area contributed by atoms with Crippen molar-refractivity contribution in [2.45, 2.75) is 58.8 Å². The predicted octanol–water partition coefficient (Wildman–Crippen LogP) is 5.75. The van der Waals surface area contributed by atoms with E-state index in [0.29, 0.717) is 12.2 Å². The second-order valence-electron chi connectivity index (χ2n) is 8.10. The first-order chi connectivity index (χ1) is 14.4. The van der Waals surface area contributed by atoms with E-state index in [2.05, 4.69) is 59.4 Å². The molecule has 0 saturated carbocycles. The van der Waals surface area contributed by atoms with Crippen LogP contribution < -0.4 is 5.32 Å². The number of nitrogens with zero attached hydrogens (tertiary/aromatic N) is 1. The molecule has 1 aromatic carbocycles. The molecule has 0 atom stereocenters. The van der Waals surface area contributed by atoms with Crippen LogP contribution >= 0.6 is 0 Å². The zero-order chi connectivity index (χ0) is 22.0. The Bertz CT molecular complexity index is 889. The van der Waals surface area contributed by atoms with Crippen LogP contribution in [0.1, 0.15) is 63.8 Å². The molecule has 0 unspecified atom stereocenters. The normalized spacial score (nSPS) is 12.3. The van der Waals surface area contributed by atoms with Gasteiger partial charge in [0.05, 0.1) is 5.69 Å². The standard InChI is InChI=1S/C26H35N3O/c1-6-10-25(30)26(4,5)22-13-8-11-21(19-22)12-9-17-27-23(7-2)15-14-20(3)24-16-18-28-29-24/h7-8,11,13-16,18-19,27H,3,6,9-10,12,17H2,1-2,4-5H3,(H,28,29)/b15-14-,23-7+. The Labute approximate surface area is 181 Å². The number of benzene rings is 1. The summed E-state index contributed by atoms with van der Waals surface area (Å²) in [6, 6.07) is 10.4. The fourth-order valence-electron chi connectivity index (χ4n) is 3.31. The van der Waals surface area contributed by atoms with Gasteiger partial charge < -0.3 is 5.32 Å². The van der Waals surface area contributed by atoms with Crippen LogP contribution in [0, 0.1) is 0 Å². The van der Waals surface area contributed by atoms with Gasteiger partial charge in [-0.15, -0.1) is 0 Å². The van der Waals surface area contributed by atoms with E-state index in [-0.39, 0.29) is 0 Å². The lowest BCUT2D eigenvalue weighted by molar-refractivity contribution is -0.123. The largest absolute Gasteiger partial charge is 0.385 e. The lowest BCUT2D eigenvalue weighted by Gasteiger charge is -2.24. The molecule has 4 heteroatoms. The van der Waals surface area contributed by atoms with Crippen LogP contribution in [0.4, 0.5) is 0 Å². The number of rotatable bonds is 12. The van der Waals surface area contributed by atoms with Gasteiger partial charge in [0.2, 0.25) is 0 Å². The number of nitrogens with one attached hydrogen (secondary N) is 2. The number of aryl methyl sites for hydroxylation is 1. The molecule has 0 spiro atoms. The monoisotopic (exact) mass is 405 g/mol. The SMILES string of the molecule is C=C(/C=C\C(=C/C)NCCCc1cccc(C(C)(C)C(=O)CCC)c1)c1ccn[nH]1. The number of hydrogen-bond acceptors (Lipinski definition) is 3. The van der Waals surface area contributed by atoms with Gasteiger partial charge in [0.1, 0.15) is 5.78 Å². The first-order valence-corrected chi connectivity index (χ1v) is 10.8. The predicted molar refractivity (Wildman–Crippen MR) is 126 cm³/mol. The molecular formula is C26H35N3O. The summed E-state index contributed by atoms with van der Waals surface area (Å²) in [6.45, 7) is 13.1. The van der Waals surface area contributed by atoms with Crippen molar-refractivity contribution >= 4 is 11.4 Å². The number of hydrogen-bond donors (Lipinski definition) is 2. The van der Waals surface area contributed by atoms with E-state index in [9.17, 15) is 4.79 Å². The molecule has 1 aromatic heterocycles. The average molecular weight is 406 g/mol. The highest BCUT2D eigenvalue weighted by Crippen LogP contribution is 2.27. The summed E-state index contributed by atoms with van der Waals surface area (Å²) in [5.41, 5.74) is 4.84. The van der Waals surface area contributed by atoms with Crippen molar-refractivity contribution in [1.29, 1.82) is 0 Å². The minimum Gasteiger partial charge on any atom is -0.385 e. The maximum atomic E-state index is 12.5. The first kappa shape index (κ1) is 23.4. The molecular weight excluding hydrogens is 370 g/mol. The second kappa shape index (κ2) is 11.3. The van der Waals surface area contributed by atoms with Crippen LogP contribution in [-0.4, -0.2) is 22.5 Å². The molecule has 2 N–H and O–H groups in total. The molecule has 30 heavy (non-hydrogen) atoms. The molecule has 0 amide bonds. The number of aromatic nitrogens is 2. The molecule has 1 heterocycles. The van der Waals surface area contributed by atoms with Gasteiger partial charge in [-0.1, -0.05) is 49.9 Å². The number of ketones is 1. The van der Waals surface area contributed by atoms with Gasteiger partial charge in [-0.3, -0.25) is 9.89 Å². The minimum atomic E-state index is -0.426. The van der Waals surface area contributed by atoms with Crippen LogP contribution in [0.5, 0.6) is 0 Å². The molecule has 0 bridgehead atoms. The fourth-order valence-corrected chi connectivity index (χ4v) is 3.31. The van der Waals surface area contributed by atoms with Gasteiger partial charge in [0, 0.05) is 30.3 Å². The Hall–Kier alpha value is -2.88. The Morgan fingerprint density at radius 2 is 2.07 bits per heavy atom. The van der Waals surface area contributed by atoms with Crippen LogP contribution in [0.25, 0.3) is 5.57 Å². The van der Waals surface area contributed by atoms with Gasteiger partial charge in [0.25, 0.3) is 0 Å². The zero-order valence-corrected chi connectivity index (χ0v) is 18.8. The fraction of sp³-hybridized carbons (Fsp3) is 0.385. The first-order valence-electron chi connectivity index (χ1n) is 10.8. The van der Waals surface area contributed by atoms with Crippen molar-refractivity contribution in [1.82, 2.24) is 15.5 Å². The Morgan fingerprint density at radius 3 is 2.73 bits per heavy atom. The number of aromatic amines is 1. The number of carbonyl (C=O) groups excluding carboxylic acids is 1. The van der Waals surface area contributed by atoms with E-state index in [4.69, 9.17) is 0 Å². The number of H-pyrrole nitrogens is 1. The van der Waals surface area contributed by atoms with Crippen molar-refractivity contribution in [2.24, 2.45) is 0 Å². The molecule has 0 saturated heterocycles. The average Bonchev–Trinajstić information content (AvgIpc) is 3.28. The third-order valence-electron chi connectivity index (χ3n) is 5.42. The zero-order valence-electron chi connectivity index (χ0n) is 18.8. The third kappa shape index (κ3) is 6.58. The molecule has 2 rings (SSSR count). The van der Waals surface area contributed by atoms with Gasteiger partial charge in [-0.05, 0) is 68.9 Å². The van der Waals surface area contributed by atoms with Crippen LogP contribution in [0.3, 0.4) is 0 Å². The Morgan fingerprint density at radius 1 is 1.27 bits per heavy atom. The van der Waals surface area contributed by atoms with E-state index in [1.165, 1.54) is 5.56 Å². The number of carbonyl (C=O) groups is 1. The summed E-state index contributed by atoms with van der Waals surface area (Å²) in [5, 5.41) is 10.3. The summed E-state index contributed by atoms with van der Waals surface area (Å²) >= 11 is 0. The van der Waals surface area contributed by atoms with Gasteiger partial charge in [0.15, 0.2) is 0 Å². The van der Waals surface area contributed by atoms with Crippen LogP contribution in [0.2, 0.25) is 0 Å². The number of Topliss-reactive ketones (excluding diaryl/α,β-unsaturated/α-hetero) is 1. The molecule has 0 radical (unpaired) electrons. The lowest BCUT2D eigenvalue weighted by Crippen LogP contribution is -2.28. The van der Waals surface area contributed by atoms with E-state index in [0.717, 1.165) is 48.3 Å². The molecule has 2 aromatic rings. The topological polar surface area (TPSA) is 57.8 Å². The summed E-state index contributed by atoms with van der Waals surface area (Å²) < 4.78 is 0. The summed E-state index contributed by atoms with van der Waals surface area (Å²) in [6.07, 6.45) is 11.3. The lowest BCUT2D eigenvalue weighted by atomic mass is 9.78. The highest BCUT2D eigenvalue weighted by atomic mass is 16.1. The van der Waals surface area contributed by atoms with E-state index in [1.54, 1.807) is 6.20 Å². The molecule has 0 aliphatic rings. The molecule has 0 fully saturated rings. The van der Waals surface area contributed by atoms with Gasteiger partial charge in [-0.2, -0.15) is 5.10 Å². The van der Waals surface area contributed by atoms with Crippen molar-refractivity contribution in [3.63, 3.8) is 0 Å². The molecule has 4 nitrogen and oxygen atoms in total. The smallest absolute Gasteiger partial charge is 0.142 e. The molecule has 0 aliphatic carbocycles. The second-order valence-corrected chi connectivity index (χ2v) is 8.10. The summed E-state index contributed by atoms with van der Waals surface area (Å²) in [5.74, 6) is 0.310. The van der Waals surface area contributed by atoms with Crippen molar-refractivity contribution in [3.8, 4) is 0 Å². The highest BCUT2D eigenvalue weighted by molar-refractivity contribution is 5.89. The number of allylic oxidation sites excluding steroid dienone is 4. The quantitative estimate of drug-likeness (QED) is 0.349. The van der Waals surface area contributed by atoms with Gasteiger partial charge >= 0.3 is 0 Å². The maximum Gasteiger partial charge on any atom is 0.142 e. The van der Waals surface area contributed by atoms with Crippen LogP contribution in [0.15, 0.2) is 67.0 Å². The Balaban J connectivity index is 1.86. The Kier molecular flexibility index (Phi) is 8.85. The van der Waals surface area contributed by atoms with E-state index >= 15 is 0 Å². The van der Waals surface area contributed by atoms with E-state index < -0.39 is 5.41 Å². The summed E-state index contributed by atoms with van der Waals surface area (Å²) in [7, 11) is 0. The van der Waals surface area contributed by atoms with E-state index in [1.807, 2.05) is 39.0 Å². The van der Waals surface area contributed by atoms with Crippen molar-refractivity contribution in [3.05, 3.63) is 83.9 Å². The van der Waals surface area contributed by atoms with Gasteiger partial charge in [-0.25, -0.2) is 0 Å². The third-order valence-corrected chi connectivity index (χ3v) is 5.42. The highest BCUT2D eigenvalue weighted by Gasteiger charge is 2.28. The molecule has 160 valence electrons. The van der Waals surface area contributed by atoms with Crippen LogP contribution in [-0.2, 0) is 16.6 Å². The maximum absolute atomic E-state index is 12.5. The molecule has 0 aliphatic heterocycles. The van der Waals surface area contributed by atoms with Crippen molar-refractivity contribution in [2.75, 3.05) is 6.54 Å². The minimum absolute atomic E-state index is 0.310. The van der Waals surface area contributed by atoms with Crippen molar-refractivity contribution < 1.29 is 4.79 Å². The summed E-state index contributed by atoms with van der Waals surface area (Å²) in [4.78, 5) is 12.5.